The van der Waals surface area contributed by atoms with Crippen molar-refractivity contribution in [3.05, 3.63) is 48.0 Å². The number of rotatable bonds is 8. The smallest absolute Gasteiger partial charge is 0.411 e. The Hall–Kier alpha value is -3.51. The summed E-state index contributed by atoms with van der Waals surface area (Å²) in [6, 6.07) is 15.8. The molecule has 39 heavy (non-hydrogen) atoms. The van der Waals surface area contributed by atoms with E-state index < -0.39 is 15.9 Å². The van der Waals surface area contributed by atoms with Crippen LogP contribution >= 0.6 is 0 Å². The summed E-state index contributed by atoms with van der Waals surface area (Å²) in [6.45, 7) is 2.74. The minimum absolute atomic E-state index is 0.0828. The van der Waals surface area contributed by atoms with Gasteiger partial charge in [0.1, 0.15) is 24.0 Å². The van der Waals surface area contributed by atoms with Crippen molar-refractivity contribution in [2.45, 2.75) is 64.2 Å². The molecule has 2 aliphatic carbocycles. The molecule has 1 aromatic heterocycles. The number of aromatic nitrogens is 1. The Labute approximate surface area is 228 Å². The summed E-state index contributed by atoms with van der Waals surface area (Å²) in [4.78, 5) is 12.3. The fourth-order valence-corrected chi connectivity index (χ4v) is 6.88. The number of carbonyl (C=O) groups is 1. The molecule has 8 nitrogen and oxygen atoms in total. The third-order valence-electron chi connectivity index (χ3n) is 8.07. The van der Waals surface area contributed by atoms with Crippen LogP contribution in [0.3, 0.4) is 0 Å². The molecular formula is C30H33N3O5S. The number of ether oxygens (including phenoxy) is 2. The number of carbonyl (C=O) groups excluding carboxylic acids is 1. The van der Waals surface area contributed by atoms with Gasteiger partial charge in [-0.2, -0.15) is 5.26 Å². The van der Waals surface area contributed by atoms with E-state index in [2.05, 4.69) is 16.0 Å². The largest absolute Gasteiger partial charge is 0.490 e. The number of sulfone groups is 1. The third-order valence-corrected chi connectivity index (χ3v) is 9.79. The van der Waals surface area contributed by atoms with Crippen LogP contribution < -0.4 is 10.1 Å². The number of hydrogen-bond acceptors (Lipinski definition) is 6. The maximum Gasteiger partial charge on any atom is 0.411 e. The predicted molar refractivity (Wildman–Crippen MR) is 149 cm³/mol. The average Bonchev–Trinajstić information content (AvgIpc) is 3.83. The summed E-state index contributed by atoms with van der Waals surface area (Å²) >= 11 is 0. The maximum atomic E-state index is 12.3. The minimum Gasteiger partial charge on any atom is -0.490 e. The number of nitrogens with one attached hydrogen (secondary N) is 1. The molecule has 1 saturated heterocycles. The molecule has 204 valence electrons. The lowest BCUT2D eigenvalue weighted by molar-refractivity contribution is 0.108. The quantitative estimate of drug-likeness (QED) is 0.376. The van der Waals surface area contributed by atoms with Gasteiger partial charge in [0.15, 0.2) is 9.84 Å². The molecule has 0 radical (unpaired) electrons. The van der Waals surface area contributed by atoms with E-state index in [4.69, 9.17) is 9.47 Å². The number of benzene rings is 2. The van der Waals surface area contributed by atoms with Crippen molar-refractivity contribution in [1.29, 1.82) is 5.26 Å². The van der Waals surface area contributed by atoms with Crippen molar-refractivity contribution in [2.24, 2.45) is 11.8 Å². The predicted octanol–water partition coefficient (Wildman–Crippen LogP) is 5.89. The molecule has 1 aliphatic heterocycles. The molecule has 2 saturated carbocycles. The van der Waals surface area contributed by atoms with Crippen LogP contribution in [0.15, 0.2) is 42.5 Å². The highest BCUT2D eigenvalue weighted by Crippen LogP contribution is 2.40. The third kappa shape index (κ3) is 5.76. The topological polar surface area (TPSA) is 110 Å². The van der Waals surface area contributed by atoms with E-state index in [0.717, 1.165) is 54.4 Å². The molecule has 0 spiro atoms. The molecule has 6 rings (SSSR count). The van der Waals surface area contributed by atoms with Crippen LogP contribution in [-0.4, -0.2) is 42.8 Å². The first-order valence-corrected chi connectivity index (χ1v) is 15.6. The molecule has 0 unspecified atom stereocenters. The fourth-order valence-electron chi connectivity index (χ4n) is 5.43. The van der Waals surface area contributed by atoms with E-state index in [1.54, 1.807) is 0 Å². The van der Waals surface area contributed by atoms with E-state index in [-0.39, 0.29) is 23.7 Å². The lowest BCUT2D eigenvalue weighted by atomic mass is 10.1. The van der Waals surface area contributed by atoms with Gasteiger partial charge < -0.3 is 14.0 Å². The molecule has 9 heteroatoms. The normalized spacial score (nSPS) is 19.8. The zero-order valence-electron chi connectivity index (χ0n) is 22.1. The minimum atomic E-state index is -2.96. The lowest BCUT2D eigenvalue weighted by Crippen LogP contribution is -2.30. The van der Waals surface area contributed by atoms with Crippen LogP contribution in [0.2, 0.25) is 0 Å². The Balaban J connectivity index is 1.28. The van der Waals surface area contributed by atoms with Gasteiger partial charge in [-0.25, -0.2) is 13.2 Å². The van der Waals surface area contributed by atoms with E-state index in [9.17, 15) is 18.5 Å². The first-order valence-electron chi connectivity index (χ1n) is 13.8. The second-order valence-corrected chi connectivity index (χ2v) is 13.5. The van der Waals surface area contributed by atoms with Crippen LogP contribution in [0.5, 0.6) is 5.75 Å². The lowest BCUT2D eigenvalue weighted by Gasteiger charge is -2.23. The first-order chi connectivity index (χ1) is 18.8. The van der Waals surface area contributed by atoms with Gasteiger partial charge in [-0.3, -0.25) is 5.32 Å². The number of nitriles is 1. The standard InChI is InChI=1S/C30H33N3O5S/c1-19(21-4-5-21)37-30(34)32-23-8-6-22(7-9-23)29-27(17-31)26-11-10-25(16-28(26)33(29)18-20-2-3-20)38-24-12-14-39(35,36)15-13-24/h6-11,16,19-21,24H,2-5,12-15,18H2,1H3,(H,32,34)/t19-/m1/s1. The SMILES string of the molecule is C[C@@H](OC(=O)Nc1ccc(-c2c(C#N)c3ccc(OC4CCS(=O)(=O)CC4)cc3n2CC2CC2)cc1)C1CC1. The second-order valence-electron chi connectivity index (χ2n) is 11.2. The van der Waals surface area contributed by atoms with Gasteiger partial charge in [0.05, 0.1) is 28.3 Å². The molecule has 3 fully saturated rings. The molecular weight excluding hydrogens is 514 g/mol. The van der Waals surface area contributed by atoms with E-state index >= 15 is 0 Å². The van der Waals surface area contributed by atoms with Crippen LogP contribution in [0.25, 0.3) is 22.2 Å². The molecule has 1 N–H and O–H groups in total. The summed E-state index contributed by atoms with van der Waals surface area (Å²) in [6.07, 6.45) is 4.86. The van der Waals surface area contributed by atoms with Crippen LogP contribution in [-0.2, 0) is 21.1 Å². The van der Waals surface area contributed by atoms with Gasteiger partial charge in [-0.05, 0) is 87.1 Å². The van der Waals surface area contributed by atoms with Gasteiger partial charge in [-0.15, -0.1) is 0 Å². The van der Waals surface area contributed by atoms with Crippen LogP contribution in [0, 0.1) is 23.2 Å². The monoisotopic (exact) mass is 547 g/mol. The number of anilines is 1. The Morgan fingerprint density at radius 3 is 2.44 bits per heavy atom. The number of nitrogens with zero attached hydrogens (tertiary/aromatic N) is 2. The van der Waals surface area contributed by atoms with Crippen LogP contribution in [0.4, 0.5) is 10.5 Å². The second kappa shape index (κ2) is 10.2. The molecule has 1 amide bonds. The molecule has 3 aromatic rings. The Morgan fingerprint density at radius 1 is 1.08 bits per heavy atom. The summed E-state index contributed by atoms with van der Waals surface area (Å²) < 4.78 is 37.5. The zero-order valence-corrected chi connectivity index (χ0v) is 22.9. The average molecular weight is 548 g/mol. The zero-order chi connectivity index (χ0) is 27.1. The van der Waals surface area contributed by atoms with Gasteiger partial charge in [0, 0.05) is 23.7 Å². The molecule has 0 bridgehead atoms. The molecule has 3 aliphatic rings. The van der Waals surface area contributed by atoms with Crippen molar-refractivity contribution < 1.29 is 22.7 Å². The van der Waals surface area contributed by atoms with Crippen LogP contribution in [0.1, 0.15) is 51.0 Å². The highest BCUT2D eigenvalue weighted by Gasteiger charge is 2.31. The highest BCUT2D eigenvalue weighted by molar-refractivity contribution is 7.91. The summed E-state index contributed by atoms with van der Waals surface area (Å²) in [5, 5.41) is 13.9. The highest BCUT2D eigenvalue weighted by atomic mass is 32.2. The van der Waals surface area contributed by atoms with E-state index in [1.807, 2.05) is 49.4 Å². The van der Waals surface area contributed by atoms with Crippen molar-refractivity contribution in [3.63, 3.8) is 0 Å². The number of hydrogen-bond donors (Lipinski definition) is 1. The molecule has 2 heterocycles. The van der Waals surface area contributed by atoms with E-state index in [1.165, 1.54) is 0 Å². The Bertz CT molecular complexity index is 1530. The fraction of sp³-hybridized carbons (Fsp3) is 0.467. The summed E-state index contributed by atoms with van der Waals surface area (Å²) in [5.74, 6) is 2.05. The van der Waals surface area contributed by atoms with Gasteiger partial charge in [-0.1, -0.05) is 12.1 Å². The Morgan fingerprint density at radius 2 is 1.79 bits per heavy atom. The first kappa shape index (κ1) is 25.8. The Kier molecular flexibility index (Phi) is 6.76. The maximum absolute atomic E-state index is 12.3. The summed E-state index contributed by atoms with van der Waals surface area (Å²) in [5.41, 5.74) is 3.94. The molecule has 1 atom stereocenters. The van der Waals surface area contributed by atoms with Crippen molar-refractivity contribution >= 4 is 32.5 Å². The number of fused-ring (bicyclic) bond motifs is 1. The van der Waals surface area contributed by atoms with E-state index in [0.29, 0.717) is 41.7 Å². The number of amides is 1. The van der Waals surface area contributed by atoms with Crippen molar-refractivity contribution in [3.8, 4) is 23.1 Å². The summed E-state index contributed by atoms with van der Waals surface area (Å²) in [7, 11) is -2.96. The van der Waals surface area contributed by atoms with Crippen molar-refractivity contribution in [2.75, 3.05) is 16.8 Å². The van der Waals surface area contributed by atoms with Crippen molar-refractivity contribution in [1.82, 2.24) is 4.57 Å². The molecule has 2 aromatic carbocycles. The van der Waals surface area contributed by atoms with Gasteiger partial charge in [0.25, 0.3) is 0 Å². The van der Waals surface area contributed by atoms with Gasteiger partial charge >= 0.3 is 6.09 Å². The van der Waals surface area contributed by atoms with Gasteiger partial charge in [0.2, 0.25) is 0 Å².